The lowest BCUT2D eigenvalue weighted by Gasteiger charge is -2.19. The summed E-state index contributed by atoms with van der Waals surface area (Å²) in [6.07, 6.45) is 0.751. The number of carbonyl (C=O) groups excluding carboxylic acids is 1. The van der Waals surface area contributed by atoms with Crippen molar-refractivity contribution in [3.63, 3.8) is 0 Å². The fraction of sp³-hybridized carbons (Fsp3) is 0.429. The Morgan fingerprint density at radius 2 is 2.05 bits per heavy atom. The van der Waals surface area contributed by atoms with Crippen molar-refractivity contribution in [3.05, 3.63) is 28.2 Å². The number of benzene rings is 1. The van der Waals surface area contributed by atoms with Crippen LogP contribution in [-0.4, -0.2) is 29.1 Å². The SMILES string of the molecule is CC(Oc1cccc(Cl)c1Cl)C(=O)NC(C(=O)O)C1CC1. The van der Waals surface area contributed by atoms with Gasteiger partial charge in [0.05, 0.1) is 5.02 Å². The van der Waals surface area contributed by atoms with Crippen molar-refractivity contribution in [2.24, 2.45) is 5.92 Å². The molecule has 7 heteroatoms. The van der Waals surface area contributed by atoms with Gasteiger partial charge >= 0.3 is 5.97 Å². The van der Waals surface area contributed by atoms with Gasteiger partial charge in [0.1, 0.15) is 16.8 Å². The number of carboxylic acids is 1. The Bertz CT molecular complexity index is 560. The third-order valence-corrected chi connectivity index (χ3v) is 4.05. The second-order valence-electron chi connectivity index (χ2n) is 4.97. The maximum Gasteiger partial charge on any atom is 0.326 e. The number of carbonyl (C=O) groups is 2. The van der Waals surface area contributed by atoms with E-state index in [4.69, 9.17) is 33.0 Å². The number of amides is 1. The Morgan fingerprint density at radius 3 is 2.62 bits per heavy atom. The minimum Gasteiger partial charge on any atom is -0.480 e. The van der Waals surface area contributed by atoms with Crippen LogP contribution in [0.4, 0.5) is 0 Å². The predicted molar refractivity (Wildman–Crippen MR) is 78.8 cm³/mol. The average molecular weight is 332 g/mol. The zero-order valence-corrected chi connectivity index (χ0v) is 12.8. The second-order valence-corrected chi connectivity index (χ2v) is 5.76. The van der Waals surface area contributed by atoms with Crippen molar-refractivity contribution < 1.29 is 19.4 Å². The first-order valence-electron chi connectivity index (χ1n) is 6.54. The Balaban J connectivity index is 1.99. The van der Waals surface area contributed by atoms with E-state index in [0.29, 0.717) is 5.02 Å². The summed E-state index contributed by atoms with van der Waals surface area (Å²) in [5.41, 5.74) is 0. The van der Waals surface area contributed by atoms with Gasteiger partial charge in [0.15, 0.2) is 6.10 Å². The molecule has 1 saturated carbocycles. The molecule has 1 aliphatic carbocycles. The standard InChI is InChI=1S/C14H15Cl2NO4/c1-7(21-10-4-2-3-9(15)11(10)16)13(18)17-12(14(19)20)8-5-6-8/h2-4,7-8,12H,5-6H2,1H3,(H,17,18)(H,19,20). The number of halogens is 2. The second kappa shape index (κ2) is 6.54. The quantitative estimate of drug-likeness (QED) is 0.840. The first-order chi connectivity index (χ1) is 9.90. The number of hydrogen-bond donors (Lipinski definition) is 2. The summed E-state index contributed by atoms with van der Waals surface area (Å²) in [5, 5.41) is 12.1. The van der Waals surface area contributed by atoms with E-state index in [1.807, 2.05) is 0 Å². The molecule has 0 radical (unpaired) electrons. The maximum absolute atomic E-state index is 12.0. The van der Waals surface area contributed by atoms with E-state index in [1.54, 1.807) is 18.2 Å². The van der Waals surface area contributed by atoms with Crippen molar-refractivity contribution in [2.75, 3.05) is 0 Å². The molecular weight excluding hydrogens is 317 g/mol. The largest absolute Gasteiger partial charge is 0.480 e. The molecule has 1 aromatic carbocycles. The summed E-state index contributed by atoms with van der Waals surface area (Å²) >= 11 is 11.8. The highest BCUT2D eigenvalue weighted by molar-refractivity contribution is 6.42. The van der Waals surface area contributed by atoms with Gasteiger partial charge in [-0.15, -0.1) is 0 Å². The third-order valence-electron chi connectivity index (χ3n) is 3.25. The number of hydrogen-bond acceptors (Lipinski definition) is 3. The lowest BCUT2D eigenvalue weighted by Crippen LogP contribution is -2.47. The normalized spacial score (nSPS) is 16.9. The lowest BCUT2D eigenvalue weighted by atomic mass is 10.2. The smallest absolute Gasteiger partial charge is 0.326 e. The molecule has 114 valence electrons. The minimum atomic E-state index is -1.03. The van der Waals surface area contributed by atoms with Crippen molar-refractivity contribution in [2.45, 2.75) is 31.9 Å². The molecule has 0 bridgehead atoms. The highest BCUT2D eigenvalue weighted by Crippen LogP contribution is 2.33. The average Bonchev–Trinajstić information content (AvgIpc) is 3.24. The molecule has 5 nitrogen and oxygen atoms in total. The van der Waals surface area contributed by atoms with Crippen LogP contribution in [0, 0.1) is 5.92 Å². The molecule has 2 N–H and O–H groups in total. The fourth-order valence-electron chi connectivity index (χ4n) is 1.90. The van der Waals surface area contributed by atoms with Gasteiger partial charge in [0, 0.05) is 0 Å². The van der Waals surface area contributed by atoms with Gasteiger partial charge in [-0.1, -0.05) is 29.3 Å². The molecule has 2 rings (SSSR count). The first-order valence-corrected chi connectivity index (χ1v) is 7.29. The van der Waals surface area contributed by atoms with Crippen LogP contribution in [0.5, 0.6) is 5.75 Å². The number of ether oxygens (including phenoxy) is 1. The van der Waals surface area contributed by atoms with Crippen LogP contribution in [0.25, 0.3) is 0 Å². The van der Waals surface area contributed by atoms with Gasteiger partial charge in [0.2, 0.25) is 0 Å². The number of nitrogens with one attached hydrogen (secondary N) is 1. The molecule has 2 atom stereocenters. The van der Waals surface area contributed by atoms with Crippen LogP contribution in [0.3, 0.4) is 0 Å². The molecule has 0 saturated heterocycles. The Kier molecular flexibility index (Phi) is 4.96. The van der Waals surface area contributed by atoms with Gasteiger partial charge in [-0.2, -0.15) is 0 Å². The zero-order chi connectivity index (χ0) is 15.6. The Morgan fingerprint density at radius 1 is 1.38 bits per heavy atom. The van der Waals surface area contributed by atoms with Crippen LogP contribution in [0.1, 0.15) is 19.8 Å². The molecule has 1 amide bonds. The van der Waals surface area contributed by atoms with E-state index < -0.39 is 24.0 Å². The minimum absolute atomic E-state index is 0.00778. The summed E-state index contributed by atoms with van der Waals surface area (Å²) < 4.78 is 5.45. The molecule has 1 aromatic rings. The molecule has 0 aromatic heterocycles. The molecule has 0 aliphatic heterocycles. The van der Waals surface area contributed by atoms with Gasteiger partial charge in [0.25, 0.3) is 5.91 Å². The van der Waals surface area contributed by atoms with E-state index in [1.165, 1.54) is 6.92 Å². The van der Waals surface area contributed by atoms with E-state index in [0.717, 1.165) is 12.8 Å². The highest BCUT2D eigenvalue weighted by atomic mass is 35.5. The van der Waals surface area contributed by atoms with E-state index >= 15 is 0 Å². The maximum atomic E-state index is 12.0. The summed E-state index contributed by atoms with van der Waals surface area (Å²) in [6, 6.07) is 3.99. The van der Waals surface area contributed by atoms with Crippen LogP contribution in [0.2, 0.25) is 10.0 Å². The van der Waals surface area contributed by atoms with Gasteiger partial charge < -0.3 is 15.2 Å². The summed E-state index contributed by atoms with van der Waals surface area (Å²) in [4.78, 5) is 23.1. The molecular formula is C14H15Cl2NO4. The molecule has 21 heavy (non-hydrogen) atoms. The summed E-state index contributed by atoms with van der Waals surface area (Å²) in [7, 11) is 0. The van der Waals surface area contributed by atoms with Crippen LogP contribution in [0.15, 0.2) is 18.2 Å². The third kappa shape index (κ3) is 4.02. The van der Waals surface area contributed by atoms with Crippen molar-refractivity contribution in [3.8, 4) is 5.75 Å². The highest BCUT2D eigenvalue weighted by Gasteiger charge is 2.38. The first kappa shape index (κ1) is 15.9. The predicted octanol–water partition coefficient (Wildman–Crippen LogP) is 2.74. The summed E-state index contributed by atoms with van der Waals surface area (Å²) in [5.74, 6) is -1.23. The molecule has 0 heterocycles. The van der Waals surface area contributed by atoms with Gasteiger partial charge in [-0.3, -0.25) is 4.79 Å². The van der Waals surface area contributed by atoms with Gasteiger partial charge in [-0.25, -0.2) is 4.79 Å². The number of rotatable bonds is 6. The summed E-state index contributed by atoms with van der Waals surface area (Å²) in [6.45, 7) is 1.53. The van der Waals surface area contributed by atoms with Crippen LogP contribution >= 0.6 is 23.2 Å². The Hall–Kier alpha value is -1.46. The molecule has 0 spiro atoms. The van der Waals surface area contributed by atoms with Crippen molar-refractivity contribution >= 4 is 35.1 Å². The van der Waals surface area contributed by atoms with Crippen molar-refractivity contribution in [1.82, 2.24) is 5.32 Å². The van der Waals surface area contributed by atoms with Gasteiger partial charge in [-0.05, 0) is 37.8 Å². The molecule has 2 unspecified atom stereocenters. The molecule has 1 fully saturated rings. The monoisotopic (exact) mass is 331 g/mol. The van der Waals surface area contributed by atoms with E-state index in [9.17, 15) is 9.59 Å². The number of aliphatic carboxylic acids is 1. The van der Waals surface area contributed by atoms with E-state index in [2.05, 4.69) is 5.32 Å². The lowest BCUT2D eigenvalue weighted by molar-refractivity contribution is -0.143. The van der Waals surface area contributed by atoms with Crippen LogP contribution in [-0.2, 0) is 9.59 Å². The topological polar surface area (TPSA) is 75.6 Å². The molecule has 1 aliphatic rings. The fourth-order valence-corrected chi connectivity index (χ4v) is 2.24. The number of carboxylic acid groups (broad SMARTS) is 1. The zero-order valence-electron chi connectivity index (χ0n) is 11.3. The van der Waals surface area contributed by atoms with Crippen molar-refractivity contribution in [1.29, 1.82) is 0 Å². The van der Waals surface area contributed by atoms with E-state index in [-0.39, 0.29) is 16.7 Å². The van der Waals surface area contributed by atoms with Crippen LogP contribution < -0.4 is 10.1 Å². The Labute approximate surface area is 132 Å².